The molecule has 0 saturated heterocycles. The zero-order valence-electron chi connectivity index (χ0n) is 11.6. The number of rotatable bonds is 5. The van der Waals surface area contributed by atoms with E-state index < -0.39 is 5.97 Å². The number of esters is 1. The van der Waals surface area contributed by atoms with E-state index in [9.17, 15) is 4.79 Å². The van der Waals surface area contributed by atoms with Crippen LogP contribution in [0, 0.1) is 6.92 Å². The molecule has 18 heavy (non-hydrogen) atoms. The maximum absolute atomic E-state index is 11.1. The molecule has 4 nitrogen and oxygen atoms in total. The summed E-state index contributed by atoms with van der Waals surface area (Å²) in [6.45, 7) is 5.42. The first-order valence-corrected chi connectivity index (χ1v) is 5.98. The predicted molar refractivity (Wildman–Crippen MR) is 69.6 cm³/mol. The lowest BCUT2D eigenvalue weighted by molar-refractivity contribution is -0.132. The largest absolute Gasteiger partial charge is 0.493 e. The first-order chi connectivity index (χ1) is 8.54. The van der Waals surface area contributed by atoms with Gasteiger partial charge in [-0.15, -0.1) is 0 Å². The third-order valence-electron chi connectivity index (χ3n) is 2.75. The summed E-state index contributed by atoms with van der Waals surface area (Å²) >= 11 is 0. The van der Waals surface area contributed by atoms with Crippen LogP contribution in [0.3, 0.4) is 0 Å². The molecule has 0 heterocycles. The normalized spacial score (nSPS) is 10.1. The summed E-state index contributed by atoms with van der Waals surface area (Å²) in [4.78, 5) is 11.1. The van der Waals surface area contributed by atoms with Crippen LogP contribution in [0.25, 0.3) is 0 Å². The highest BCUT2D eigenvalue weighted by atomic mass is 16.6. The lowest BCUT2D eigenvalue weighted by atomic mass is 10.0. The van der Waals surface area contributed by atoms with Gasteiger partial charge in [0.2, 0.25) is 5.75 Å². The molecule has 0 amide bonds. The van der Waals surface area contributed by atoms with Gasteiger partial charge >= 0.3 is 5.97 Å². The zero-order valence-corrected chi connectivity index (χ0v) is 11.6. The van der Waals surface area contributed by atoms with Crippen molar-refractivity contribution in [2.24, 2.45) is 0 Å². The third kappa shape index (κ3) is 2.94. The van der Waals surface area contributed by atoms with Gasteiger partial charge in [0.05, 0.1) is 14.2 Å². The molecule has 4 heteroatoms. The first-order valence-electron chi connectivity index (χ1n) is 5.98. The number of benzene rings is 1. The molecule has 0 atom stereocenters. The number of hydrogen-bond acceptors (Lipinski definition) is 4. The Labute approximate surface area is 108 Å². The van der Waals surface area contributed by atoms with Gasteiger partial charge in [0.1, 0.15) is 0 Å². The average Bonchev–Trinajstić information content (AvgIpc) is 2.32. The maximum Gasteiger partial charge on any atom is 0.308 e. The van der Waals surface area contributed by atoms with Crippen molar-refractivity contribution in [3.8, 4) is 17.2 Å². The quantitative estimate of drug-likeness (QED) is 0.597. The van der Waals surface area contributed by atoms with Crippen molar-refractivity contribution in [2.75, 3.05) is 14.2 Å². The molecule has 0 saturated carbocycles. The van der Waals surface area contributed by atoms with Crippen LogP contribution >= 0.6 is 0 Å². The molecule has 0 radical (unpaired) electrons. The van der Waals surface area contributed by atoms with Gasteiger partial charge in [0.25, 0.3) is 0 Å². The van der Waals surface area contributed by atoms with E-state index in [0.717, 1.165) is 24.0 Å². The average molecular weight is 252 g/mol. The summed E-state index contributed by atoms with van der Waals surface area (Å²) < 4.78 is 15.8. The van der Waals surface area contributed by atoms with Crippen LogP contribution in [0.5, 0.6) is 17.2 Å². The van der Waals surface area contributed by atoms with Crippen molar-refractivity contribution in [3.63, 3.8) is 0 Å². The molecule has 0 fully saturated rings. The highest BCUT2D eigenvalue weighted by Gasteiger charge is 2.19. The number of methoxy groups -OCH3 is 2. The van der Waals surface area contributed by atoms with Crippen LogP contribution < -0.4 is 14.2 Å². The summed E-state index contributed by atoms with van der Waals surface area (Å²) in [5.41, 5.74) is 2.12. The van der Waals surface area contributed by atoms with Gasteiger partial charge in [-0.1, -0.05) is 13.3 Å². The van der Waals surface area contributed by atoms with Crippen molar-refractivity contribution in [2.45, 2.75) is 33.6 Å². The summed E-state index contributed by atoms with van der Waals surface area (Å²) in [5.74, 6) is 1.04. The number of carbonyl (C=O) groups is 1. The number of carbonyl (C=O) groups excluding carboxylic acids is 1. The molecule has 100 valence electrons. The Morgan fingerprint density at radius 2 is 1.89 bits per heavy atom. The molecule has 0 aliphatic rings. The summed E-state index contributed by atoms with van der Waals surface area (Å²) in [5, 5.41) is 0. The van der Waals surface area contributed by atoms with E-state index in [2.05, 4.69) is 6.92 Å². The molecule has 0 aliphatic carbocycles. The van der Waals surface area contributed by atoms with Gasteiger partial charge < -0.3 is 14.2 Å². The van der Waals surface area contributed by atoms with Crippen LogP contribution in [-0.4, -0.2) is 20.2 Å². The minimum atomic E-state index is -0.394. The zero-order chi connectivity index (χ0) is 13.7. The summed E-state index contributed by atoms with van der Waals surface area (Å²) in [6.07, 6.45) is 1.96. The van der Waals surface area contributed by atoms with Gasteiger partial charge in [-0.25, -0.2) is 0 Å². The summed E-state index contributed by atoms with van der Waals surface area (Å²) in [7, 11) is 3.11. The lowest BCUT2D eigenvalue weighted by Gasteiger charge is -2.17. The van der Waals surface area contributed by atoms with Crippen molar-refractivity contribution in [1.29, 1.82) is 0 Å². The van der Waals surface area contributed by atoms with E-state index in [-0.39, 0.29) is 0 Å². The van der Waals surface area contributed by atoms with Crippen molar-refractivity contribution in [1.82, 2.24) is 0 Å². The third-order valence-corrected chi connectivity index (χ3v) is 2.75. The molecule has 0 aliphatic heterocycles. The van der Waals surface area contributed by atoms with Crippen LogP contribution in [-0.2, 0) is 11.2 Å². The first kappa shape index (κ1) is 14.4. The van der Waals surface area contributed by atoms with Crippen molar-refractivity contribution < 1.29 is 19.0 Å². The number of hydrogen-bond donors (Lipinski definition) is 0. The van der Waals surface area contributed by atoms with Crippen LogP contribution in [0.1, 0.15) is 31.4 Å². The molecule has 1 aromatic carbocycles. The van der Waals surface area contributed by atoms with E-state index in [0.29, 0.717) is 17.2 Å². The standard InChI is InChI=1S/C14H20O4/c1-6-7-11-8-12(16-4)14(18-10(3)15)13(17-5)9(11)2/h8H,6-7H2,1-5H3. The Bertz CT molecular complexity index is 438. The van der Waals surface area contributed by atoms with E-state index in [4.69, 9.17) is 14.2 Å². The smallest absolute Gasteiger partial charge is 0.308 e. The van der Waals surface area contributed by atoms with E-state index >= 15 is 0 Å². The lowest BCUT2D eigenvalue weighted by Crippen LogP contribution is -2.07. The van der Waals surface area contributed by atoms with Crippen LogP contribution in [0.4, 0.5) is 0 Å². The second-order valence-corrected chi connectivity index (χ2v) is 4.07. The predicted octanol–water partition coefficient (Wildman–Crippen LogP) is 2.89. The number of aryl methyl sites for hydroxylation is 1. The van der Waals surface area contributed by atoms with Gasteiger partial charge in [-0.2, -0.15) is 0 Å². The second-order valence-electron chi connectivity index (χ2n) is 4.07. The van der Waals surface area contributed by atoms with Crippen LogP contribution in [0.2, 0.25) is 0 Å². The maximum atomic E-state index is 11.1. The van der Waals surface area contributed by atoms with Gasteiger partial charge in [0, 0.05) is 6.92 Å². The summed E-state index contributed by atoms with van der Waals surface area (Å²) in [6, 6.07) is 1.90. The minimum absolute atomic E-state index is 0.352. The van der Waals surface area contributed by atoms with Gasteiger partial charge in [-0.05, 0) is 30.5 Å². The Kier molecular flexibility index (Phi) is 5.01. The van der Waals surface area contributed by atoms with E-state index in [1.807, 2.05) is 13.0 Å². The van der Waals surface area contributed by atoms with Crippen LogP contribution in [0.15, 0.2) is 6.07 Å². The highest BCUT2D eigenvalue weighted by molar-refractivity contribution is 5.73. The Hall–Kier alpha value is -1.71. The fraction of sp³-hybridized carbons (Fsp3) is 0.500. The highest BCUT2D eigenvalue weighted by Crippen LogP contribution is 2.42. The van der Waals surface area contributed by atoms with E-state index in [1.165, 1.54) is 6.92 Å². The molecule has 0 bridgehead atoms. The molecule has 0 spiro atoms. The monoisotopic (exact) mass is 252 g/mol. The topological polar surface area (TPSA) is 44.8 Å². The minimum Gasteiger partial charge on any atom is -0.493 e. The van der Waals surface area contributed by atoms with E-state index in [1.54, 1.807) is 14.2 Å². The van der Waals surface area contributed by atoms with Gasteiger partial charge in [0.15, 0.2) is 11.5 Å². The SMILES string of the molecule is CCCc1cc(OC)c(OC(C)=O)c(OC)c1C. The molecular formula is C14H20O4. The van der Waals surface area contributed by atoms with Crippen molar-refractivity contribution >= 4 is 5.97 Å². The van der Waals surface area contributed by atoms with Crippen molar-refractivity contribution in [3.05, 3.63) is 17.2 Å². The molecule has 1 rings (SSSR count). The van der Waals surface area contributed by atoms with Gasteiger partial charge in [-0.3, -0.25) is 4.79 Å². The molecular weight excluding hydrogens is 232 g/mol. The molecule has 1 aromatic rings. The molecule has 0 aromatic heterocycles. The fourth-order valence-electron chi connectivity index (χ4n) is 1.93. The molecule has 0 N–H and O–H groups in total. The Morgan fingerprint density at radius 3 is 2.33 bits per heavy atom. The Morgan fingerprint density at radius 1 is 1.22 bits per heavy atom. The molecule has 0 unspecified atom stereocenters. The fourth-order valence-corrected chi connectivity index (χ4v) is 1.93. The Balaban J connectivity index is 3.38. The number of ether oxygens (including phenoxy) is 3. The second kappa shape index (κ2) is 6.28.